The molecule has 2 amide bonds. The SMILES string of the molecule is Cc1c(Cl)cccc1Cl.N[C@@H](CCC(=O)O)C(=O)NCCN(C(=O)C(Cl)Cl)c1cccc(-c2ccno2)c1. The van der Waals surface area contributed by atoms with Crippen LogP contribution in [0.3, 0.4) is 0 Å². The van der Waals surface area contributed by atoms with Crippen LogP contribution in [-0.4, -0.2) is 52.0 Å². The average molecular weight is 604 g/mol. The minimum absolute atomic E-state index is 0.00841. The van der Waals surface area contributed by atoms with Crippen molar-refractivity contribution < 1.29 is 24.0 Å². The summed E-state index contributed by atoms with van der Waals surface area (Å²) in [5.41, 5.74) is 7.80. The smallest absolute Gasteiger partial charge is 0.303 e. The molecule has 38 heavy (non-hydrogen) atoms. The molecule has 0 saturated carbocycles. The van der Waals surface area contributed by atoms with E-state index in [0.29, 0.717) is 17.0 Å². The maximum atomic E-state index is 12.5. The Kier molecular flexibility index (Phi) is 12.9. The monoisotopic (exact) mass is 602 g/mol. The lowest BCUT2D eigenvalue weighted by atomic mass is 10.1. The molecule has 9 nitrogen and oxygen atoms in total. The number of amides is 2. The standard InChI is InChI=1S/C18H20Cl2N4O5.C7H6Cl2/c19-16(20)18(28)24(9-8-22-17(27)13(21)4-5-15(25)26)12-3-1-2-11(10-12)14-6-7-23-29-14;1-5-6(8)3-2-4-7(5)9/h1-3,6-7,10,13,16H,4-5,8-9,21H2,(H,22,27)(H,25,26);2-4H,1H3/t13-;/m0./s1. The molecule has 0 aliphatic rings. The van der Waals surface area contributed by atoms with E-state index in [1.54, 1.807) is 30.3 Å². The fourth-order valence-corrected chi connectivity index (χ4v) is 3.72. The Morgan fingerprint density at radius 2 is 1.76 bits per heavy atom. The molecule has 0 radical (unpaired) electrons. The normalized spacial score (nSPS) is 11.3. The fourth-order valence-electron chi connectivity index (χ4n) is 3.09. The maximum absolute atomic E-state index is 12.5. The number of nitrogens with zero attached hydrogens (tertiary/aromatic N) is 2. The van der Waals surface area contributed by atoms with Gasteiger partial charge in [0.2, 0.25) is 5.91 Å². The van der Waals surface area contributed by atoms with Gasteiger partial charge in [-0.15, -0.1) is 0 Å². The van der Waals surface area contributed by atoms with Crippen molar-refractivity contribution in [2.24, 2.45) is 5.73 Å². The van der Waals surface area contributed by atoms with Crippen molar-refractivity contribution in [3.63, 3.8) is 0 Å². The molecule has 0 bridgehead atoms. The molecule has 1 heterocycles. The number of carbonyl (C=O) groups excluding carboxylic acids is 2. The van der Waals surface area contributed by atoms with E-state index < -0.39 is 28.7 Å². The summed E-state index contributed by atoms with van der Waals surface area (Å²) < 4.78 is 5.12. The average Bonchev–Trinajstić information content (AvgIpc) is 3.43. The van der Waals surface area contributed by atoms with Gasteiger partial charge in [0.15, 0.2) is 10.6 Å². The minimum Gasteiger partial charge on any atom is -0.481 e. The largest absolute Gasteiger partial charge is 0.481 e. The van der Waals surface area contributed by atoms with Crippen LogP contribution in [-0.2, 0) is 14.4 Å². The summed E-state index contributed by atoms with van der Waals surface area (Å²) in [5, 5.41) is 16.3. The fraction of sp³-hybridized carbons (Fsp3) is 0.280. The first-order valence-corrected chi connectivity index (χ1v) is 12.9. The quantitative estimate of drug-likeness (QED) is 0.274. The van der Waals surface area contributed by atoms with Crippen LogP contribution in [0, 0.1) is 6.92 Å². The number of carboxylic acids is 1. The van der Waals surface area contributed by atoms with E-state index in [4.69, 9.17) is 61.8 Å². The Bertz CT molecular complexity index is 1200. The van der Waals surface area contributed by atoms with E-state index in [1.165, 1.54) is 11.1 Å². The third-order valence-electron chi connectivity index (χ3n) is 5.18. The van der Waals surface area contributed by atoms with Crippen molar-refractivity contribution >= 4 is 69.9 Å². The first-order chi connectivity index (χ1) is 18.0. The third kappa shape index (κ3) is 9.81. The molecule has 0 spiro atoms. The predicted molar refractivity (Wildman–Crippen MR) is 149 cm³/mol. The molecule has 0 aliphatic carbocycles. The Hall–Kier alpha value is -2.82. The van der Waals surface area contributed by atoms with Crippen molar-refractivity contribution in [1.82, 2.24) is 10.5 Å². The summed E-state index contributed by atoms with van der Waals surface area (Å²) in [6.07, 6.45) is 1.30. The van der Waals surface area contributed by atoms with Crippen LogP contribution in [0.2, 0.25) is 10.0 Å². The molecular formula is C25H26Cl4N4O5. The lowest BCUT2D eigenvalue weighted by Gasteiger charge is -2.24. The summed E-state index contributed by atoms with van der Waals surface area (Å²) >= 11 is 23.0. The first-order valence-electron chi connectivity index (χ1n) is 11.3. The number of hydrogen-bond donors (Lipinski definition) is 3. The Morgan fingerprint density at radius 3 is 2.32 bits per heavy atom. The number of halogens is 4. The molecule has 13 heteroatoms. The van der Waals surface area contributed by atoms with Crippen LogP contribution in [0.15, 0.2) is 59.3 Å². The van der Waals surface area contributed by atoms with Gasteiger partial charge < -0.3 is 25.6 Å². The second kappa shape index (κ2) is 15.6. The maximum Gasteiger partial charge on any atom is 0.303 e. The van der Waals surface area contributed by atoms with Crippen LogP contribution in [0.4, 0.5) is 5.69 Å². The number of hydrogen-bond acceptors (Lipinski definition) is 6. The minimum atomic E-state index is -1.29. The highest BCUT2D eigenvalue weighted by atomic mass is 35.5. The molecule has 0 aliphatic heterocycles. The van der Waals surface area contributed by atoms with Crippen LogP contribution in [0.1, 0.15) is 18.4 Å². The summed E-state index contributed by atoms with van der Waals surface area (Å²) in [4.78, 5) is 35.0. The summed E-state index contributed by atoms with van der Waals surface area (Å²) in [6, 6.07) is 13.1. The molecule has 3 aromatic rings. The van der Waals surface area contributed by atoms with E-state index in [1.807, 2.05) is 25.1 Å². The Balaban J connectivity index is 0.000000474. The van der Waals surface area contributed by atoms with Crippen molar-refractivity contribution in [1.29, 1.82) is 0 Å². The number of nitrogens with one attached hydrogen (secondary N) is 1. The van der Waals surface area contributed by atoms with E-state index in [2.05, 4.69) is 10.5 Å². The molecule has 0 fully saturated rings. The zero-order chi connectivity index (χ0) is 28.2. The highest BCUT2D eigenvalue weighted by Gasteiger charge is 2.23. The van der Waals surface area contributed by atoms with Gasteiger partial charge in [0.1, 0.15) is 0 Å². The molecule has 204 valence electrons. The van der Waals surface area contributed by atoms with Gasteiger partial charge in [0.05, 0.1) is 12.2 Å². The highest BCUT2D eigenvalue weighted by molar-refractivity contribution is 6.54. The predicted octanol–water partition coefficient (Wildman–Crippen LogP) is 5.09. The number of aliphatic carboxylic acids is 1. The Labute approximate surface area is 239 Å². The number of rotatable bonds is 10. The first kappa shape index (κ1) is 31.4. The van der Waals surface area contributed by atoms with Gasteiger partial charge in [-0.1, -0.05) is 69.8 Å². The van der Waals surface area contributed by atoms with Gasteiger partial charge >= 0.3 is 5.97 Å². The lowest BCUT2D eigenvalue weighted by Crippen LogP contribution is -2.45. The number of carbonyl (C=O) groups is 3. The number of benzene rings is 2. The third-order valence-corrected chi connectivity index (χ3v) is 6.37. The molecule has 3 rings (SSSR count). The van der Waals surface area contributed by atoms with Crippen molar-refractivity contribution in [3.05, 3.63) is 70.3 Å². The lowest BCUT2D eigenvalue weighted by molar-refractivity contribution is -0.137. The van der Waals surface area contributed by atoms with Gasteiger partial charge in [0.25, 0.3) is 5.91 Å². The molecule has 4 N–H and O–H groups in total. The molecule has 1 atom stereocenters. The highest BCUT2D eigenvalue weighted by Crippen LogP contribution is 2.26. The number of nitrogens with two attached hydrogens (primary N) is 1. The summed E-state index contributed by atoms with van der Waals surface area (Å²) in [6.45, 7) is 2.04. The van der Waals surface area contributed by atoms with E-state index in [-0.39, 0.29) is 25.9 Å². The van der Waals surface area contributed by atoms with Crippen molar-refractivity contribution in [2.75, 3.05) is 18.0 Å². The van der Waals surface area contributed by atoms with Gasteiger partial charge in [0, 0.05) is 46.9 Å². The second-order valence-corrected chi connectivity index (χ2v) is 9.80. The Morgan fingerprint density at radius 1 is 1.11 bits per heavy atom. The molecular weight excluding hydrogens is 578 g/mol. The molecule has 0 saturated heterocycles. The molecule has 1 aromatic heterocycles. The van der Waals surface area contributed by atoms with Crippen LogP contribution in [0.5, 0.6) is 0 Å². The second-order valence-electron chi connectivity index (χ2n) is 7.89. The van der Waals surface area contributed by atoms with Crippen LogP contribution < -0.4 is 16.0 Å². The number of carboxylic acid groups (broad SMARTS) is 1. The van der Waals surface area contributed by atoms with Crippen molar-refractivity contribution in [3.8, 4) is 11.3 Å². The number of anilines is 1. The number of alkyl halides is 2. The van der Waals surface area contributed by atoms with Gasteiger partial charge in [-0.2, -0.15) is 0 Å². The number of aromatic nitrogens is 1. The van der Waals surface area contributed by atoms with E-state index >= 15 is 0 Å². The summed E-state index contributed by atoms with van der Waals surface area (Å²) in [5.74, 6) is -1.59. The molecule has 2 aromatic carbocycles. The zero-order valence-corrected chi connectivity index (χ0v) is 23.3. The van der Waals surface area contributed by atoms with Gasteiger partial charge in [-0.3, -0.25) is 14.4 Å². The van der Waals surface area contributed by atoms with Gasteiger partial charge in [-0.25, -0.2) is 0 Å². The zero-order valence-electron chi connectivity index (χ0n) is 20.2. The van der Waals surface area contributed by atoms with Crippen LogP contribution >= 0.6 is 46.4 Å². The van der Waals surface area contributed by atoms with E-state index in [9.17, 15) is 14.4 Å². The van der Waals surface area contributed by atoms with Crippen LogP contribution in [0.25, 0.3) is 11.3 Å². The summed E-state index contributed by atoms with van der Waals surface area (Å²) in [7, 11) is 0. The molecule has 0 unspecified atom stereocenters. The topological polar surface area (TPSA) is 139 Å². The van der Waals surface area contributed by atoms with E-state index in [0.717, 1.165) is 15.6 Å². The van der Waals surface area contributed by atoms with Crippen molar-refractivity contribution in [2.45, 2.75) is 30.6 Å². The van der Waals surface area contributed by atoms with Gasteiger partial charge in [-0.05, 0) is 43.2 Å².